The number of carbonyl (C=O) groups excluding carboxylic acids is 1. The molecule has 22 heavy (non-hydrogen) atoms. The van der Waals surface area contributed by atoms with Gasteiger partial charge in [0, 0.05) is 24.6 Å². The van der Waals surface area contributed by atoms with Gasteiger partial charge in [-0.25, -0.2) is 0 Å². The fraction of sp³-hybridized carbons (Fsp3) is 0.750. The number of nitrogens with zero attached hydrogens (tertiary/aromatic N) is 2. The quantitative estimate of drug-likeness (QED) is 0.889. The molecule has 0 saturated heterocycles. The van der Waals surface area contributed by atoms with Crippen molar-refractivity contribution in [1.82, 2.24) is 15.1 Å². The lowest BCUT2D eigenvalue weighted by molar-refractivity contribution is -0.00714. The van der Waals surface area contributed by atoms with Crippen molar-refractivity contribution in [1.29, 1.82) is 0 Å². The van der Waals surface area contributed by atoms with Crippen molar-refractivity contribution in [3.63, 3.8) is 0 Å². The predicted octanol–water partition coefficient (Wildman–Crippen LogP) is 1.81. The highest BCUT2D eigenvalue weighted by Gasteiger charge is 2.39. The second kappa shape index (κ2) is 5.35. The summed E-state index contributed by atoms with van der Waals surface area (Å²) in [6.07, 6.45) is 2.71. The first-order valence-electron chi connectivity index (χ1n) is 8.02. The summed E-state index contributed by atoms with van der Waals surface area (Å²) in [4.78, 5) is 14.7. The van der Waals surface area contributed by atoms with E-state index in [1.807, 2.05) is 13.8 Å². The predicted molar refractivity (Wildman–Crippen MR) is 81.6 cm³/mol. The third kappa shape index (κ3) is 3.03. The minimum Gasteiger partial charge on any atom is -0.389 e. The summed E-state index contributed by atoms with van der Waals surface area (Å²) in [6, 6.07) is 0.237. The number of amides is 1. The molecule has 0 unspecified atom stereocenters. The van der Waals surface area contributed by atoms with Crippen molar-refractivity contribution in [2.24, 2.45) is 0 Å². The van der Waals surface area contributed by atoms with Crippen LogP contribution in [0.2, 0.25) is 0 Å². The minimum atomic E-state index is -0.904. The topological polar surface area (TPSA) is 78.5 Å². The molecule has 6 heteroatoms. The van der Waals surface area contributed by atoms with Crippen molar-refractivity contribution >= 4 is 5.91 Å². The summed E-state index contributed by atoms with van der Waals surface area (Å²) in [5.74, 6) is -0.0802. The Morgan fingerprint density at radius 3 is 2.73 bits per heavy atom. The van der Waals surface area contributed by atoms with E-state index < -0.39 is 5.60 Å². The van der Waals surface area contributed by atoms with E-state index in [4.69, 9.17) is 4.74 Å². The zero-order chi connectivity index (χ0) is 16.1. The molecular formula is C16H25N3O3. The third-order valence-corrected chi connectivity index (χ3v) is 4.24. The number of hydrogen-bond acceptors (Lipinski definition) is 4. The Morgan fingerprint density at radius 2 is 2.14 bits per heavy atom. The Kier molecular flexibility index (Phi) is 3.77. The van der Waals surface area contributed by atoms with Crippen molar-refractivity contribution in [3.05, 3.63) is 17.0 Å². The molecular weight excluding hydrogens is 282 g/mol. The Labute approximate surface area is 130 Å². The maximum Gasteiger partial charge on any atom is 0.274 e. The Morgan fingerprint density at radius 1 is 1.45 bits per heavy atom. The highest BCUT2D eigenvalue weighted by molar-refractivity contribution is 5.94. The highest BCUT2D eigenvalue weighted by Crippen LogP contribution is 2.33. The van der Waals surface area contributed by atoms with Crippen LogP contribution >= 0.6 is 0 Å². The molecule has 0 radical (unpaired) electrons. The molecule has 0 bridgehead atoms. The number of carbonyl (C=O) groups is 1. The largest absolute Gasteiger partial charge is 0.389 e. The number of nitrogens with one attached hydrogen (secondary N) is 1. The molecule has 122 valence electrons. The Balaban J connectivity index is 1.88. The maximum atomic E-state index is 12.9. The van der Waals surface area contributed by atoms with Crippen molar-refractivity contribution < 1.29 is 14.6 Å². The van der Waals surface area contributed by atoms with E-state index in [1.165, 1.54) is 0 Å². The van der Waals surface area contributed by atoms with Gasteiger partial charge in [-0.05, 0) is 40.5 Å². The fourth-order valence-corrected chi connectivity index (χ4v) is 3.16. The van der Waals surface area contributed by atoms with Gasteiger partial charge in [0.15, 0.2) is 5.69 Å². The highest BCUT2D eigenvalue weighted by atomic mass is 16.5. The van der Waals surface area contributed by atoms with Crippen LogP contribution in [-0.2, 0) is 11.2 Å². The van der Waals surface area contributed by atoms with Gasteiger partial charge in [0.05, 0.1) is 23.5 Å². The molecule has 1 aromatic rings. The zero-order valence-electron chi connectivity index (χ0n) is 13.7. The van der Waals surface area contributed by atoms with Crippen molar-refractivity contribution in [2.75, 3.05) is 6.54 Å². The molecule has 6 nitrogen and oxygen atoms in total. The minimum absolute atomic E-state index is 0.0727. The van der Waals surface area contributed by atoms with Crippen LogP contribution in [-0.4, -0.2) is 50.4 Å². The molecule has 2 N–H and O–H groups in total. The monoisotopic (exact) mass is 307 g/mol. The molecule has 1 amide bonds. The van der Waals surface area contributed by atoms with Gasteiger partial charge in [0.1, 0.15) is 0 Å². The number of aliphatic hydroxyl groups is 1. The van der Waals surface area contributed by atoms with Crippen LogP contribution in [0.15, 0.2) is 0 Å². The van der Waals surface area contributed by atoms with Gasteiger partial charge in [-0.15, -0.1) is 0 Å². The maximum absolute atomic E-state index is 12.9. The van der Waals surface area contributed by atoms with E-state index >= 15 is 0 Å². The van der Waals surface area contributed by atoms with Crippen LogP contribution in [0.3, 0.4) is 0 Å². The van der Waals surface area contributed by atoms with Gasteiger partial charge in [-0.3, -0.25) is 9.89 Å². The lowest BCUT2D eigenvalue weighted by Crippen LogP contribution is -2.44. The molecule has 1 aliphatic heterocycles. The third-order valence-electron chi connectivity index (χ3n) is 4.24. The molecule has 1 saturated carbocycles. The first kappa shape index (κ1) is 15.5. The van der Waals surface area contributed by atoms with Gasteiger partial charge in [0.25, 0.3) is 5.91 Å². The van der Waals surface area contributed by atoms with Crippen LogP contribution in [0.5, 0.6) is 0 Å². The molecule has 1 fully saturated rings. The second-order valence-corrected chi connectivity index (χ2v) is 7.23. The SMILES string of the molecule is C[C@@H]1Cc2c(C(=O)N(CC(C)(C)O)C3CC3)n[nH]c2[C@H](C)O1. The number of H-pyrrole nitrogens is 1. The molecule has 2 atom stereocenters. The number of aromatic nitrogens is 2. The number of hydrogen-bond donors (Lipinski definition) is 2. The number of fused-ring (bicyclic) bond motifs is 1. The lowest BCUT2D eigenvalue weighted by Gasteiger charge is -2.30. The van der Waals surface area contributed by atoms with E-state index in [2.05, 4.69) is 10.2 Å². The van der Waals surface area contributed by atoms with Gasteiger partial charge in [0.2, 0.25) is 0 Å². The first-order valence-corrected chi connectivity index (χ1v) is 8.02. The van der Waals surface area contributed by atoms with E-state index in [1.54, 1.807) is 18.7 Å². The van der Waals surface area contributed by atoms with Crippen molar-refractivity contribution in [2.45, 2.75) is 70.8 Å². The summed E-state index contributed by atoms with van der Waals surface area (Å²) in [5, 5.41) is 17.3. The first-order chi connectivity index (χ1) is 10.3. The summed E-state index contributed by atoms with van der Waals surface area (Å²) < 4.78 is 5.77. The van der Waals surface area contributed by atoms with Crippen LogP contribution in [0.25, 0.3) is 0 Å². The smallest absolute Gasteiger partial charge is 0.274 e. The molecule has 2 aliphatic rings. The average molecular weight is 307 g/mol. The summed E-state index contributed by atoms with van der Waals surface area (Å²) in [6.45, 7) is 7.77. The van der Waals surface area contributed by atoms with E-state index in [0.717, 1.165) is 24.1 Å². The Hall–Kier alpha value is -1.40. The second-order valence-electron chi connectivity index (χ2n) is 7.23. The van der Waals surface area contributed by atoms with Gasteiger partial charge in [-0.1, -0.05) is 0 Å². The lowest BCUT2D eigenvalue weighted by atomic mass is 9.99. The summed E-state index contributed by atoms with van der Waals surface area (Å²) in [5.41, 5.74) is 1.46. The zero-order valence-corrected chi connectivity index (χ0v) is 13.7. The van der Waals surface area contributed by atoms with E-state index in [-0.39, 0.29) is 24.2 Å². The molecule has 1 aliphatic carbocycles. The standard InChI is InChI=1S/C16H25N3O3/c1-9-7-12-13(10(2)22-9)17-18-14(12)15(20)19(11-5-6-11)8-16(3,4)21/h9-11,21H,5-8H2,1-4H3,(H,17,18)/t9-,10+/m1/s1. The summed E-state index contributed by atoms with van der Waals surface area (Å²) in [7, 11) is 0. The van der Waals surface area contributed by atoms with Crippen LogP contribution in [0, 0.1) is 0 Å². The number of rotatable bonds is 4. The molecule has 1 aromatic heterocycles. The number of aromatic amines is 1. The van der Waals surface area contributed by atoms with Gasteiger partial charge >= 0.3 is 0 Å². The number of ether oxygens (including phenoxy) is 1. The average Bonchev–Trinajstić information content (AvgIpc) is 3.14. The fourth-order valence-electron chi connectivity index (χ4n) is 3.16. The van der Waals surface area contributed by atoms with Crippen molar-refractivity contribution in [3.8, 4) is 0 Å². The molecule has 2 heterocycles. The normalized spacial score (nSPS) is 25.0. The summed E-state index contributed by atoms with van der Waals surface area (Å²) >= 11 is 0. The van der Waals surface area contributed by atoms with Crippen LogP contribution < -0.4 is 0 Å². The molecule has 3 rings (SSSR count). The van der Waals surface area contributed by atoms with E-state index in [9.17, 15) is 9.90 Å². The van der Waals surface area contributed by atoms with E-state index in [0.29, 0.717) is 18.7 Å². The molecule has 0 aromatic carbocycles. The van der Waals surface area contributed by atoms with Gasteiger partial charge < -0.3 is 14.7 Å². The van der Waals surface area contributed by atoms with Crippen LogP contribution in [0.1, 0.15) is 68.4 Å². The Bertz CT molecular complexity index is 572. The molecule has 0 spiro atoms. The van der Waals surface area contributed by atoms with Crippen LogP contribution in [0.4, 0.5) is 0 Å². The van der Waals surface area contributed by atoms with Gasteiger partial charge in [-0.2, -0.15) is 5.10 Å².